The third kappa shape index (κ3) is 4.47. The molecule has 0 aliphatic heterocycles. The second kappa shape index (κ2) is 10.4. The molecular formula is C32H36N2O2Si2. The summed E-state index contributed by atoms with van der Waals surface area (Å²) in [4.78, 5) is 9.65. The fourth-order valence-corrected chi connectivity index (χ4v) is 10.3. The minimum atomic E-state index is -1.57. The molecule has 0 N–H and O–H groups in total. The van der Waals surface area contributed by atoms with Crippen molar-refractivity contribution >= 4 is 59.9 Å². The lowest BCUT2D eigenvalue weighted by atomic mass is 10.0. The highest BCUT2D eigenvalue weighted by Gasteiger charge is 2.25. The van der Waals surface area contributed by atoms with Gasteiger partial charge in [0, 0.05) is 10.8 Å². The van der Waals surface area contributed by atoms with E-state index >= 15 is 0 Å². The molecule has 0 bridgehead atoms. The maximum Gasteiger partial charge on any atom is 0.273 e. The van der Waals surface area contributed by atoms with E-state index in [1.807, 2.05) is 12.1 Å². The minimum Gasteiger partial charge on any atom is -0.430 e. The minimum absolute atomic E-state index is 0.515. The first-order valence-electron chi connectivity index (χ1n) is 14.1. The second-order valence-electron chi connectivity index (χ2n) is 10.3. The SMILES string of the molecule is CC[Si](C#Cc1nc2c(ccc3c4ccc5oc(C#C[Si](CC)(CC)CC)nc5c4ccc32)o1)(CC)CC. The van der Waals surface area contributed by atoms with E-state index in [-0.39, 0.29) is 0 Å². The van der Waals surface area contributed by atoms with Gasteiger partial charge in [0.1, 0.15) is 27.2 Å². The third-order valence-corrected chi connectivity index (χ3v) is 18.3. The predicted molar refractivity (Wildman–Crippen MR) is 165 cm³/mol. The van der Waals surface area contributed by atoms with Gasteiger partial charge in [-0.3, -0.25) is 0 Å². The lowest BCUT2D eigenvalue weighted by Crippen LogP contribution is -2.29. The number of nitrogens with zero attached hydrogens (tertiary/aromatic N) is 2. The van der Waals surface area contributed by atoms with Crippen LogP contribution in [0.4, 0.5) is 0 Å². The molecule has 0 radical (unpaired) electrons. The number of aromatic nitrogens is 2. The van der Waals surface area contributed by atoms with Gasteiger partial charge in [-0.25, -0.2) is 9.97 Å². The maximum absolute atomic E-state index is 6.07. The molecule has 0 aliphatic rings. The molecule has 0 aliphatic carbocycles. The van der Waals surface area contributed by atoms with Crippen molar-refractivity contribution in [2.24, 2.45) is 0 Å². The summed E-state index contributed by atoms with van der Waals surface area (Å²) in [5, 5.41) is 4.36. The van der Waals surface area contributed by atoms with Crippen molar-refractivity contribution in [3.8, 4) is 22.9 Å². The molecule has 2 aromatic heterocycles. The van der Waals surface area contributed by atoms with Crippen LogP contribution < -0.4 is 0 Å². The Hall–Kier alpha value is -3.33. The molecule has 5 rings (SSSR count). The lowest BCUT2D eigenvalue weighted by Gasteiger charge is -2.19. The summed E-state index contributed by atoms with van der Waals surface area (Å²) in [6, 6.07) is 19.4. The van der Waals surface area contributed by atoms with Gasteiger partial charge in [0.05, 0.1) is 0 Å². The monoisotopic (exact) mass is 536 g/mol. The first kappa shape index (κ1) is 26.3. The Labute approximate surface area is 227 Å². The highest BCUT2D eigenvalue weighted by Crippen LogP contribution is 2.34. The number of fused-ring (bicyclic) bond motifs is 7. The van der Waals surface area contributed by atoms with Gasteiger partial charge in [-0.2, -0.15) is 0 Å². The quantitative estimate of drug-likeness (QED) is 0.123. The van der Waals surface area contributed by atoms with Crippen LogP contribution in [-0.2, 0) is 0 Å². The summed E-state index contributed by atoms with van der Waals surface area (Å²) in [6.45, 7) is 13.6. The normalized spacial score (nSPS) is 12.2. The Morgan fingerprint density at radius 2 is 0.868 bits per heavy atom. The van der Waals surface area contributed by atoms with E-state index < -0.39 is 16.1 Å². The van der Waals surface area contributed by atoms with Crippen LogP contribution in [0, 0.1) is 22.9 Å². The Kier molecular flexibility index (Phi) is 7.22. The molecule has 0 saturated heterocycles. The smallest absolute Gasteiger partial charge is 0.273 e. The second-order valence-corrected chi connectivity index (χ2v) is 20.2. The van der Waals surface area contributed by atoms with E-state index in [2.05, 4.69) is 88.7 Å². The van der Waals surface area contributed by atoms with E-state index in [0.717, 1.165) is 80.0 Å². The predicted octanol–water partition coefficient (Wildman–Crippen LogP) is 9.07. The van der Waals surface area contributed by atoms with Crippen LogP contribution in [-0.4, -0.2) is 26.1 Å². The van der Waals surface area contributed by atoms with Crippen LogP contribution >= 0.6 is 0 Å². The van der Waals surface area contributed by atoms with E-state index in [4.69, 9.17) is 18.8 Å². The van der Waals surface area contributed by atoms with Gasteiger partial charge in [0.2, 0.25) is 0 Å². The fourth-order valence-electron chi connectivity index (χ4n) is 5.51. The molecule has 0 saturated carbocycles. The molecule has 194 valence electrons. The Morgan fingerprint density at radius 1 is 0.526 bits per heavy atom. The molecule has 0 atom stereocenters. The van der Waals surface area contributed by atoms with Crippen molar-refractivity contribution in [1.82, 2.24) is 9.97 Å². The van der Waals surface area contributed by atoms with Gasteiger partial charge in [0.15, 0.2) is 11.2 Å². The van der Waals surface area contributed by atoms with Crippen molar-refractivity contribution in [2.45, 2.75) is 77.8 Å². The van der Waals surface area contributed by atoms with Crippen LogP contribution in [0.3, 0.4) is 0 Å². The molecule has 0 spiro atoms. The molecule has 0 fully saturated rings. The number of hydrogen-bond donors (Lipinski definition) is 0. The van der Waals surface area contributed by atoms with Crippen molar-refractivity contribution in [3.63, 3.8) is 0 Å². The molecule has 0 unspecified atom stereocenters. The van der Waals surface area contributed by atoms with E-state index in [1.54, 1.807) is 0 Å². The summed E-state index contributed by atoms with van der Waals surface area (Å²) < 4.78 is 12.1. The zero-order chi connectivity index (χ0) is 26.9. The summed E-state index contributed by atoms with van der Waals surface area (Å²) in [6.07, 6.45) is 0. The Balaban J connectivity index is 1.60. The molecule has 2 heterocycles. The standard InChI is InChI=1S/C32H36N2O2Si2/c1-7-37(8-2,9-3)21-19-29-33-31-25-13-14-26-24(23(25)15-17-27(31)35-29)16-18-28-32(26)34-30(36-28)20-22-38(10-4,11-5)12-6/h13-18H,7-12H2,1-6H3. The Morgan fingerprint density at radius 3 is 1.21 bits per heavy atom. The molecule has 6 heteroatoms. The summed E-state index contributed by atoms with van der Waals surface area (Å²) in [7, 11) is -3.14. The van der Waals surface area contributed by atoms with Crippen molar-refractivity contribution in [1.29, 1.82) is 0 Å². The van der Waals surface area contributed by atoms with E-state index in [1.165, 1.54) is 0 Å². The molecule has 38 heavy (non-hydrogen) atoms. The average molecular weight is 537 g/mol. The van der Waals surface area contributed by atoms with Gasteiger partial charge in [-0.05, 0) is 83.1 Å². The fraction of sp³-hybridized carbons (Fsp3) is 0.375. The molecule has 3 aromatic carbocycles. The number of rotatable bonds is 6. The van der Waals surface area contributed by atoms with Gasteiger partial charge in [-0.15, -0.1) is 11.1 Å². The number of hydrogen-bond acceptors (Lipinski definition) is 4. The van der Waals surface area contributed by atoms with Crippen molar-refractivity contribution < 1.29 is 8.83 Å². The number of benzene rings is 3. The summed E-state index contributed by atoms with van der Waals surface area (Å²) in [5.41, 5.74) is 10.5. The Bertz CT molecular complexity index is 1620. The van der Waals surface area contributed by atoms with Crippen LogP contribution in [0.2, 0.25) is 36.3 Å². The van der Waals surface area contributed by atoms with Crippen LogP contribution in [0.1, 0.15) is 53.3 Å². The average Bonchev–Trinajstić information content (AvgIpc) is 3.59. The first-order chi connectivity index (χ1) is 18.4. The van der Waals surface area contributed by atoms with Gasteiger partial charge in [-0.1, -0.05) is 53.7 Å². The van der Waals surface area contributed by atoms with E-state index in [9.17, 15) is 0 Å². The first-order valence-corrected chi connectivity index (χ1v) is 19.3. The molecule has 4 nitrogen and oxygen atoms in total. The zero-order valence-corrected chi connectivity index (χ0v) is 25.4. The van der Waals surface area contributed by atoms with Crippen LogP contribution in [0.5, 0.6) is 0 Å². The summed E-state index contributed by atoms with van der Waals surface area (Å²) in [5.74, 6) is 7.62. The van der Waals surface area contributed by atoms with Gasteiger partial charge >= 0.3 is 0 Å². The van der Waals surface area contributed by atoms with Gasteiger partial charge < -0.3 is 8.83 Å². The van der Waals surface area contributed by atoms with Crippen molar-refractivity contribution in [2.75, 3.05) is 0 Å². The lowest BCUT2D eigenvalue weighted by molar-refractivity contribution is 0.586. The highest BCUT2D eigenvalue weighted by atomic mass is 28.3. The third-order valence-electron chi connectivity index (χ3n) is 8.84. The topological polar surface area (TPSA) is 52.1 Å². The molecule has 0 amide bonds. The molecular weight excluding hydrogens is 501 g/mol. The largest absolute Gasteiger partial charge is 0.430 e. The van der Waals surface area contributed by atoms with Gasteiger partial charge in [0.25, 0.3) is 11.8 Å². The summed E-state index contributed by atoms with van der Waals surface area (Å²) >= 11 is 0. The highest BCUT2D eigenvalue weighted by molar-refractivity contribution is 6.87. The number of oxazole rings is 2. The van der Waals surface area contributed by atoms with E-state index in [0.29, 0.717) is 11.8 Å². The van der Waals surface area contributed by atoms with Crippen LogP contribution in [0.15, 0.2) is 45.2 Å². The maximum atomic E-state index is 6.07. The zero-order valence-electron chi connectivity index (χ0n) is 23.4. The van der Waals surface area contributed by atoms with Crippen LogP contribution in [0.25, 0.3) is 43.7 Å². The van der Waals surface area contributed by atoms with Crippen molar-refractivity contribution in [3.05, 3.63) is 48.2 Å². The molecule has 5 aromatic rings.